The van der Waals surface area contributed by atoms with Crippen molar-refractivity contribution in [2.75, 3.05) is 13.2 Å². The Hall–Kier alpha value is -0.600. The molecule has 0 aromatic heterocycles. The van der Waals surface area contributed by atoms with E-state index in [1.54, 1.807) is 0 Å². The molecule has 0 heterocycles. The normalized spacial score (nSPS) is 11.8. The molecular weight excluding hydrogens is 152 g/mol. The molecule has 12 heavy (non-hydrogen) atoms. The van der Waals surface area contributed by atoms with Crippen LogP contribution in [0.2, 0.25) is 0 Å². The highest BCUT2D eigenvalue weighted by atomic mass is 16.3. The smallest absolute Gasteiger partial charge is 0.0639 e. The molecule has 0 aliphatic rings. The van der Waals surface area contributed by atoms with Gasteiger partial charge in [0, 0.05) is 0 Å². The minimum absolute atomic E-state index is 0.0861. The van der Waals surface area contributed by atoms with Crippen molar-refractivity contribution < 1.29 is 10.2 Å². The lowest BCUT2D eigenvalue weighted by atomic mass is 10.1. The van der Waals surface area contributed by atoms with E-state index in [0.29, 0.717) is 0 Å². The van der Waals surface area contributed by atoms with E-state index in [0.717, 1.165) is 24.8 Å². The number of rotatable bonds is 6. The average Bonchev–Trinajstić information content (AvgIpc) is 2.04. The van der Waals surface area contributed by atoms with E-state index in [9.17, 15) is 0 Å². The first-order chi connectivity index (χ1) is 5.70. The molecule has 0 aromatic carbocycles. The molecule has 0 rings (SSSR count). The summed E-state index contributed by atoms with van der Waals surface area (Å²) in [7, 11) is 0. The summed E-state index contributed by atoms with van der Waals surface area (Å²) in [6.45, 7) is 5.90. The first-order valence-corrected chi connectivity index (χ1v) is 4.24. The third-order valence-electron chi connectivity index (χ3n) is 1.76. The minimum atomic E-state index is 0.0861. The van der Waals surface area contributed by atoms with Crippen molar-refractivity contribution in [2.24, 2.45) is 0 Å². The summed E-state index contributed by atoms with van der Waals surface area (Å²) in [6, 6.07) is 0. The Kier molecular flexibility index (Phi) is 6.72. The molecule has 0 fully saturated rings. The fourth-order valence-corrected chi connectivity index (χ4v) is 0.954. The first kappa shape index (κ1) is 11.4. The zero-order valence-electron chi connectivity index (χ0n) is 7.71. The van der Waals surface area contributed by atoms with Gasteiger partial charge < -0.3 is 10.2 Å². The van der Waals surface area contributed by atoms with Crippen molar-refractivity contribution in [3.63, 3.8) is 0 Å². The number of allylic oxidation sites excluding steroid dienone is 1. The SMILES string of the molecule is C=C(CO)CCC/C(C)=C/CO. The summed E-state index contributed by atoms with van der Waals surface area (Å²) in [5.41, 5.74) is 2.08. The lowest BCUT2D eigenvalue weighted by Crippen LogP contribution is -1.89. The van der Waals surface area contributed by atoms with Crippen LogP contribution >= 0.6 is 0 Å². The zero-order valence-corrected chi connectivity index (χ0v) is 7.71. The summed E-state index contributed by atoms with van der Waals surface area (Å²) in [5.74, 6) is 0. The van der Waals surface area contributed by atoms with Crippen molar-refractivity contribution in [3.05, 3.63) is 23.8 Å². The number of hydrogen-bond acceptors (Lipinski definition) is 2. The molecule has 0 aromatic rings. The summed E-state index contributed by atoms with van der Waals surface area (Å²) >= 11 is 0. The van der Waals surface area contributed by atoms with Crippen LogP contribution in [-0.4, -0.2) is 23.4 Å². The van der Waals surface area contributed by atoms with E-state index in [-0.39, 0.29) is 13.2 Å². The van der Waals surface area contributed by atoms with Gasteiger partial charge in [0.25, 0.3) is 0 Å². The first-order valence-electron chi connectivity index (χ1n) is 4.24. The number of hydrogen-bond donors (Lipinski definition) is 2. The van der Waals surface area contributed by atoms with Gasteiger partial charge in [-0.1, -0.05) is 23.8 Å². The molecule has 0 unspecified atom stereocenters. The lowest BCUT2D eigenvalue weighted by Gasteiger charge is -2.02. The van der Waals surface area contributed by atoms with Crippen molar-refractivity contribution in [2.45, 2.75) is 26.2 Å². The van der Waals surface area contributed by atoms with Gasteiger partial charge in [-0.15, -0.1) is 0 Å². The highest BCUT2D eigenvalue weighted by Crippen LogP contribution is 2.09. The number of aliphatic hydroxyl groups excluding tert-OH is 2. The maximum atomic E-state index is 8.65. The quantitative estimate of drug-likeness (QED) is 0.595. The van der Waals surface area contributed by atoms with E-state index in [1.165, 1.54) is 5.57 Å². The van der Waals surface area contributed by atoms with E-state index in [4.69, 9.17) is 10.2 Å². The Morgan fingerprint density at radius 1 is 1.33 bits per heavy atom. The van der Waals surface area contributed by atoms with Gasteiger partial charge in [-0.3, -0.25) is 0 Å². The maximum absolute atomic E-state index is 8.65. The second-order valence-electron chi connectivity index (χ2n) is 2.99. The van der Waals surface area contributed by atoms with Crippen molar-refractivity contribution in [1.29, 1.82) is 0 Å². The molecular formula is C10H18O2. The van der Waals surface area contributed by atoms with Crippen LogP contribution in [0.25, 0.3) is 0 Å². The average molecular weight is 170 g/mol. The van der Waals surface area contributed by atoms with Crippen LogP contribution in [-0.2, 0) is 0 Å². The van der Waals surface area contributed by atoms with Gasteiger partial charge in [-0.05, 0) is 26.2 Å². The number of aliphatic hydroxyl groups is 2. The third kappa shape index (κ3) is 6.13. The summed E-state index contributed by atoms with van der Waals surface area (Å²) in [5, 5.41) is 17.2. The Morgan fingerprint density at radius 2 is 2.00 bits per heavy atom. The molecule has 2 heteroatoms. The van der Waals surface area contributed by atoms with Crippen molar-refractivity contribution >= 4 is 0 Å². The second kappa shape index (κ2) is 7.07. The Morgan fingerprint density at radius 3 is 2.50 bits per heavy atom. The molecule has 70 valence electrons. The van der Waals surface area contributed by atoms with E-state index >= 15 is 0 Å². The molecule has 0 saturated carbocycles. The second-order valence-corrected chi connectivity index (χ2v) is 2.99. The molecule has 0 atom stereocenters. The molecule has 2 N–H and O–H groups in total. The summed E-state index contributed by atoms with van der Waals surface area (Å²) < 4.78 is 0. The van der Waals surface area contributed by atoms with Crippen LogP contribution < -0.4 is 0 Å². The van der Waals surface area contributed by atoms with Gasteiger partial charge in [0.05, 0.1) is 13.2 Å². The fraction of sp³-hybridized carbons (Fsp3) is 0.600. The zero-order chi connectivity index (χ0) is 9.40. The monoisotopic (exact) mass is 170 g/mol. The van der Waals surface area contributed by atoms with Gasteiger partial charge in [-0.25, -0.2) is 0 Å². The lowest BCUT2D eigenvalue weighted by molar-refractivity contribution is 0.326. The van der Waals surface area contributed by atoms with Gasteiger partial charge in [0.1, 0.15) is 0 Å². The predicted octanol–water partition coefficient (Wildman–Crippen LogP) is 1.64. The van der Waals surface area contributed by atoms with Gasteiger partial charge in [0.2, 0.25) is 0 Å². The third-order valence-corrected chi connectivity index (χ3v) is 1.76. The van der Waals surface area contributed by atoms with Crippen LogP contribution in [0.4, 0.5) is 0 Å². The molecule has 0 radical (unpaired) electrons. The molecule has 0 amide bonds. The predicted molar refractivity (Wildman–Crippen MR) is 50.9 cm³/mol. The van der Waals surface area contributed by atoms with Crippen LogP contribution in [0, 0.1) is 0 Å². The Balaban J connectivity index is 3.43. The van der Waals surface area contributed by atoms with E-state index < -0.39 is 0 Å². The highest BCUT2D eigenvalue weighted by Gasteiger charge is 1.93. The highest BCUT2D eigenvalue weighted by molar-refractivity contribution is 5.00. The molecule has 0 bridgehead atoms. The van der Waals surface area contributed by atoms with Crippen molar-refractivity contribution in [3.8, 4) is 0 Å². The van der Waals surface area contributed by atoms with Crippen molar-refractivity contribution in [1.82, 2.24) is 0 Å². The van der Waals surface area contributed by atoms with E-state index in [2.05, 4.69) is 6.58 Å². The molecule has 0 aliphatic carbocycles. The fourth-order valence-electron chi connectivity index (χ4n) is 0.954. The van der Waals surface area contributed by atoms with Gasteiger partial charge in [-0.2, -0.15) is 0 Å². The van der Waals surface area contributed by atoms with Crippen LogP contribution in [0.5, 0.6) is 0 Å². The standard InChI is InChI=1S/C10H18O2/c1-9(6-7-11)4-3-5-10(2)8-12/h6,11-12H,2-5,7-8H2,1H3/b9-6+. The minimum Gasteiger partial charge on any atom is -0.392 e. The summed E-state index contributed by atoms with van der Waals surface area (Å²) in [6.07, 6.45) is 4.65. The van der Waals surface area contributed by atoms with Crippen LogP contribution in [0.1, 0.15) is 26.2 Å². The van der Waals surface area contributed by atoms with Gasteiger partial charge >= 0.3 is 0 Å². The largest absolute Gasteiger partial charge is 0.392 e. The van der Waals surface area contributed by atoms with E-state index in [1.807, 2.05) is 13.0 Å². The Bertz CT molecular complexity index is 159. The topological polar surface area (TPSA) is 40.5 Å². The molecule has 2 nitrogen and oxygen atoms in total. The summed E-state index contributed by atoms with van der Waals surface area (Å²) in [4.78, 5) is 0. The molecule has 0 spiro atoms. The molecule has 0 aliphatic heterocycles. The maximum Gasteiger partial charge on any atom is 0.0639 e. The van der Waals surface area contributed by atoms with Crippen LogP contribution in [0.15, 0.2) is 23.8 Å². The van der Waals surface area contributed by atoms with Crippen LogP contribution in [0.3, 0.4) is 0 Å². The Labute approximate surface area is 74.2 Å². The molecule has 0 saturated heterocycles. The van der Waals surface area contributed by atoms with Gasteiger partial charge in [0.15, 0.2) is 0 Å².